The molecule has 0 aliphatic rings. The van der Waals surface area contributed by atoms with Crippen molar-refractivity contribution in [2.75, 3.05) is 14.2 Å². The van der Waals surface area contributed by atoms with E-state index < -0.39 is 33.3 Å². The van der Waals surface area contributed by atoms with Crippen molar-refractivity contribution in [1.82, 2.24) is 0 Å². The van der Waals surface area contributed by atoms with Gasteiger partial charge in [-0.25, -0.2) is 4.79 Å². The van der Waals surface area contributed by atoms with Crippen molar-refractivity contribution in [2.45, 2.75) is 260 Å². The van der Waals surface area contributed by atoms with Crippen LogP contribution >= 0.6 is 0 Å². The van der Waals surface area contributed by atoms with E-state index >= 15 is 0 Å². The average Bonchev–Trinajstić information content (AvgIpc) is 3.29. The van der Waals surface area contributed by atoms with Crippen LogP contribution in [0.4, 0.5) is 0 Å². The standard InChI is InChI=1S/C65H120O8Si4/c1-30-31-34-50(4)61(69-47-54-39-42-55(67-20)43-40-54)53(7)57(71-75(24,25)63(11,12)13)44-37-48(2)45-52(6)60(73-77(28,29)65(17,18)19)51(5)38-41-56(70-74(22,23)62(8,9)10)46-58(72-76(26,27)64(14,15)16)49(3)35-32-33-36-59(66)68-21/h30-36,38-43,48-53,56-58,60-61H,1,37,44-47H2,2-29H3/b34-31-,35-32+,36-33-,41-38?/t48-,49-,50-,51-,52+,53-,56+,57+,58-,60-,61-/m0/s1. The normalized spacial score (nSPS) is 18.5. The zero-order valence-electron chi connectivity index (χ0n) is 54.9. The molecular weight excluding hydrogens is 1020 g/mol. The maximum atomic E-state index is 11.9. The molecule has 0 radical (unpaired) electrons. The summed E-state index contributed by atoms with van der Waals surface area (Å²) >= 11 is 0. The molecule has 0 spiro atoms. The van der Waals surface area contributed by atoms with Gasteiger partial charge in [-0.3, -0.25) is 0 Å². The number of allylic oxidation sites excluding steroid dienone is 4. The van der Waals surface area contributed by atoms with Crippen molar-refractivity contribution in [3.63, 3.8) is 0 Å². The highest BCUT2D eigenvalue weighted by atomic mass is 28.4. The summed E-state index contributed by atoms with van der Waals surface area (Å²) in [5, 5.41) is 0.146. The Kier molecular flexibility index (Phi) is 29.1. The molecule has 0 unspecified atom stereocenters. The molecule has 0 saturated heterocycles. The first-order valence-corrected chi connectivity index (χ1v) is 41.0. The van der Waals surface area contributed by atoms with E-state index in [1.807, 2.05) is 30.4 Å². The van der Waals surface area contributed by atoms with Crippen LogP contribution in [0.5, 0.6) is 5.75 Å². The Labute approximate surface area is 479 Å². The Morgan fingerprint density at radius 3 is 1.49 bits per heavy atom. The Morgan fingerprint density at radius 1 is 0.545 bits per heavy atom. The highest BCUT2D eigenvalue weighted by molar-refractivity contribution is 6.75. The summed E-state index contributed by atoms with van der Waals surface area (Å²) in [5.74, 6) is 1.66. The predicted molar refractivity (Wildman–Crippen MR) is 342 cm³/mol. The van der Waals surface area contributed by atoms with Gasteiger partial charge in [0.15, 0.2) is 33.3 Å². The van der Waals surface area contributed by atoms with Crippen LogP contribution in [0, 0.1) is 35.5 Å². The minimum Gasteiger partial charge on any atom is -0.497 e. The molecule has 1 rings (SSSR count). The molecule has 77 heavy (non-hydrogen) atoms. The van der Waals surface area contributed by atoms with Crippen molar-refractivity contribution in [1.29, 1.82) is 0 Å². The lowest BCUT2D eigenvalue weighted by molar-refractivity contribution is -0.134. The molecule has 0 heterocycles. The zero-order chi connectivity index (χ0) is 59.8. The van der Waals surface area contributed by atoms with E-state index in [1.54, 1.807) is 13.2 Å². The largest absolute Gasteiger partial charge is 0.497 e. The van der Waals surface area contributed by atoms with Gasteiger partial charge >= 0.3 is 5.97 Å². The van der Waals surface area contributed by atoms with Crippen molar-refractivity contribution in [2.24, 2.45) is 35.5 Å². The first-order valence-electron chi connectivity index (χ1n) is 29.3. The van der Waals surface area contributed by atoms with Crippen LogP contribution in [0.25, 0.3) is 0 Å². The van der Waals surface area contributed by atoms with E-state index in [9.17, 15) is 4.79 Å². The van der Waals surface area contributed by atoms with Crippen LogP contribution in [0.3, 0.4) is 0 Å². The number of esters is 1. The summed E-state index contributed by atoms with van der Waals surface area (Å²) in [7, 11) is -5.73. The third-order valence-electron chi connectivity index (χ3n) is 18.2. The van der Waals surface area contributed by atoms with E-state index in [4.69, 9.17) is 31.9 Å². The summed E-state index contributed by atoms with van der Waals surface area (Å²) in [6.07, 6.45) is 21.6. The van der Waals surface area contributed by atoms with Gasteiger partial charge in [-0.15, -0.1) is 0 Å². The number of ether oxygens (including phenoxy) is 3. The van der Waals surface area contributed by atoms with Crippen LogP contribution in [-0.4, -0.2) is 84.0 Å². The fourth-order valence-corrected chi connectivity index (χ4v) is 14.3. The lowest BCUT2D eigenvalue weighted by atomic mass is 9.82. The molecule has 0 aliphatic carbocycles. The molecule has 0 bridgehead atoms. The maximum Gasteiger partial charge on any atom is 0.330 e. The van der Waals surface area contributed by atoms with Gasteiger partial charge in [0.2, 0.25) is 0 Å². The Bertz CT molecular complexity index is 2010. The number of benzene rings is 1. The smallest absolute Gasteiger partial charge is 0.330 e. The van der Waals surface area contributed by atoms with Gasteiger partial charge in [0.05, 0.1) is 51.3 Å². The minimum absolute atomic E-state index is 0.0114. The summed E-state index contributed by atoms with van der Waals surface area (Å²) in [4.78, 5) is 11.9. The molecule has 1 aromatic rings. The fourth-order valence-electron chi connectivity index (χ4n) is 8.70. The van der Waals surface area contributed by atoms with Crippen LogP contribution < -0.4 is 4.74 Å². The number of carbonyl (C=O) groups excluding carboxylic acids is 1. The Balaban J connectivity index is 3.84. The molecule has 0 aromatic heterocycles. The lowest BCUT2D eigenvalue weighted by Crippen LogP contribution is -2.48. The molecule has 1 aromatic carbocycles. The summed E-state index contributed by atoms with van der Waals surface area (Å²) in [6, 6.07) is 8.20. The molecule has 0 N–H and O–H groups in total. The number of hydrogen-bond donors (Lipinski definition) is 0. The van der Waals surface area contributed by atoms with Crippen molar-refractivity contribution in [3.8, 4) is 5.75 Å². The van der Waals surface area contributed by atoms with Crippen molar-refractivity contribution >= 4 is 39.2 Å². The van der Waals surface area contributed by atoms with Crippen LogP contribution in [0.1, 0.15) is 156 Å². The van der Waals surface area contributed by atoms with Gasteiger partial charge < -0.3 is 31.9 Å². The van der Waals surface area contributed by atoms with Crippen molar-refractivity contribution in [3.05, 3.63) is 91.1 Å². The van der Waals surface area contributed by atoms with Crippen molar-refractivity contribution < 1.29 is 36.7 Å². The maximum absolute atomic E-state index is 11.9. The summed E-state index contributed by atoms with van der Waals surface area (Å²) < 4.78 is 47.1. The second kappa shape index (κ2) is 30.8. The second-order valence-electron chi connectivity index (χ2n) is 29.1. The predicted octanol–water partition coefficient (Wildman–Crippen LogP) is 19.1. The van der Waals surface area contributed by atoms with Crippen LogP contribution in [0.15, 0.2) is 85.5 Å². The van der Waals surface area contributed by atoms with Crippen LogP contribution in [0.2, 0.25) is 72.5 Å². The molecule has 0 fully saturated rings. The summed E-state index contributed by atoms with van der Waals surface area (Å²) in [6.45, 7) is 65.4. The Hall–Kier alpha value is -2.14. The third-order valence-corrected chi connectivity index (χ3v) is 36.2. The van der Waals surface area contributed by atoms with Gasteiger partial charge in [-0.05, 0) is 133 Å². The van der Waals surface area contributed by atoms with Gasteiger partial charge in [-0.2, -0.15) is 0 Å². The minimum atomic E-state index is -2.24. The Morgan fingerprint density at radius 2 is 1.01 bits per heavy atom. The number of rotatable bonds is 32. The molecular formula is C65H120O8Si4. The van der Waals surface area contributed by atoms with E-state index in [1.165, 1.54) is 13.2 Å². The SMILES string of the molecule is C=C/C=C\[C@H](C)[C@H](OCc1ccc(OC)cc1)[C@@H](C)[C@@H](CC[C@H](C)C[C@@H](C)[C@@H](O[Si](C)(C)C(C)(C)C)[C@@H](C)C=C[C@H](C[C@H](O[Si](C)(C)C(C)(C)C)[C@@H](C)/C=C/C=C\C(=O)OC)O[Si](C)(C)C(C)(C)C)O[Si](C)(C)C(C)(C)C. The molecule has 12 heteroatoms. The molecule has 444 valence electrons. The number of hydrogen-bond acceptors (Lipinski definition) is 8. The lowest BCUT2D eigenvalue weighted by Gasteiger charge is -2.44. The van der Waals surface area contributed by atoms with E-state index in [2.05, 4.69) is 220 Å². The van der Waals surface area contributed by atoms with E-state index in [0.717, 1.165) is 30.6 Å². The summed E-state index contributed by atoms with van der Waals surface area (Å²) in [5.41, 5.74) is 1.12. The van der Waals surface area contributed by atoms with E-state index in [-0.39, 0.29) is 80.3 Å². The third kappa shape index (κ3) is 24.1. The monoisotopic (exact) mass is 1140 g/mol. The highest BCUT2D eigenvalue weighted by Gasteiger charge is 2.45. The number of methoxy groups -OCH3 is 2. The van der Waals surface area contributed by atoms with Gasteiger partial charge in [0.1, 0.15) is 5.75 Å². The average molecular weight is 1140 g/mol. The molecule has 0 amide bonds. The van der Waals surface area contributed by atoms with Crippen LogP contribution in [-0.2, 0) is 38.6 Å². The molecule has 11 atom stereocenters. The topological polar surface area (TPSA) is 81.7 Å². The zero-order valence-corrected chi connectivity index (χ0v) is 58.9. The fraction of sp³-hybridized carbons (Fsp3) is 0.738. The molecule has 8 nitrogen and oxygen atoms in total. The van der Waals surface area contributed by atoms with E-state index in [0.29, 0.717) is 24.9 Å². The number of carbonyl (C=O) groups is 1. The highest BCUT2D eigenvalue weighted by Crippen LogP contribution is 2.44. The van der Waals surface area contributed by atoms with Gasteiger partial charge in [0.25, 0.3) is 0 Å². The second-order valence-corrected chi connectivity index (χ2v) is 48.1. The van der Waals surface area contributed by atoms with Gasteiger partial charge in [-0.1, -0.05) is 192 Å². The molecule has 0 saturated carbocycles. The first-order chi connectivity index (χ1) is 35.0. The van der Waals surface area contributed by atoms with Gasteiger partial charge in [0, 0.05) is 24.3 Å². The quantitative estimate of drug-likeness (QED) is 0.0232. The first kappa shape index (κ1) is 72.9. The molecule has 0 aliphatic heterocycles.